The predicted octanol–water partition coefficient (Wildman–Crippen LogP) is 2.10. The zero-order chi connectivity index (χ0) is 31.5. The molecule has 9 atom stereocenters. The third-order valence-electron chi connectivity index (χ3n) is 8.04. The number of ether oxygens (including phenoxy) is 2. The fourth-order valence-electron chi connectivity index (χ4n) is 5.02. The van der Waals surface area contributed by atoms with E-state index < -0.39 is 42.5 Å². The number of aliphatic hydroxyl groups excluding tert-OH is 4. The Morgan fingerprint density at radius 2 is 1.88 bits per heavy atom. The van der Waals surface area contributed by atoms with Gasteiger partial charge < -0.3 is 40.5 Å². The number of hydrogen-bond acceptors (Lipinski definition) is 11. The van der Waals surface area contributed by atoms with Crippen LogP contribution in [0.1, 0.15) is 65.7 Å². The largest absolute Gasteiger partial charge is 0.463 e. The summed E-state index contributed by atoms with van der Waals surface area (Å²) in [5, 5.41) is 48.9. The van der Waals surface area contributed by atoms with E-state index in [1.807, 2.05) is 24.5 Å². The third kappa shape index (κ3) is 10.6. The number of amides is 2. The van der Waals surface area contributed by atoms with Gasteiger partial charge in [-0.15, -0.1) is 0 Å². The van der Waals surface area contributed by atoms with E-state index in [-0.39, 0.29) is 47.7 Å². The van der Waals surface area contributed by atoms with E-state index >= 15 is 0 Å². The summed E-state index contributed by atoms with van der Waals surface area (Å²) in [6.07, 6.45) is 4.27. The fourth-order valence-corrected chi connectivity index (χ4v) is 7.61. The number of nitrogens with one attached hydrogen (secondary N) is 2. The van der Waals surface area contributed by atoms with Crippen LogP contribution in [0.25, 0.3) is 0 Å². The maximum absolute atomic E-state index is 12.3. The molecule has 2 fully saturated rings. The average Bonchev–Trinajstić information content (AvgIpc) is 3.53. The molecule has 0 aliphatic carbocycles. The first kappa shape index (κ1) is 35.6. The lowest BCUT2D eigenvalue weighted by Crippen LogP contribution is -2.54. The van der Waals surface area contributed by atoms with Crippen molar-refractivity contribution in [3.05, 3.63) is 34.9 Å². The molecule has 3 rings (SSSR count). The van der Waals surface area contributed by atoms with Crippen LogP contribution < -0.4 is 10.6 Å². The second-order valence-corrected chi connectivity index (χ2v) is 13.8. The van der Waals surface area contributed by atoms with Gasteiger partial charge in [0.1, 0.15) is 24.4 Å². The Labute approximate surface area is 261 Å². The number of rotatable bonds is 16. The summed E-state index contributed by atoms with van der Waals surface area (Å²) < 4.78 is 10.9. The van der Waals surface area contributed by atoms with E-state index in [9.17, 15) is 34.8 Å². The molecule has 0 bridgehead atoms. The molecule has 0 aromatic rings. The van der Waals surface area contributed by atoms with Crippen molar-refractivity contribution in [1.29, 1.82) is 0 Å². The van der Waals surface area contributed by atoms with Gasteiger partial charge in [-0.3, -0.25) is 9.59 Å². The molecule has 3 aliphatic heterocycles. The van der Waals surface area contributed by atoms with Crippen LogP contribution >= 0.6 is 21.6 Å². The molecule has 43 heavy (non-hydrogen) atoms. The first-order valence-corrected chi connectivity index (χ1v) is 17.2. The van der Waals surface area contributed by atoms with Gasteiger partial charge in [-0.1, -0.05) is 59.9 Å². The molecule has 6 N–H and O–H groups in total. The summed E-state index contributed by atoms with van der Waals surface area (Å²) in [4.78, 5) is 36.5. The van der Waals surface area contributed by atoms with Crippen molar-refractivity contribution in [2.45, 2.75) is 108 Å². The van der Waals surface area contributed by atoms with Gasteiger partial charge in [0, 0.05) is 29.5 Å². The number of allylic oxidation sites excluding steroid dienone is 1. The zero-order valence-corrected chi connectivity index (χ0v) is 26.6. The van der Waals surface area contributed by atoms with Crippen molar-refractivity contribution in [2.24, 2.45) is 11.8 Å². The highest BCUT2D eigenvalue weighted by atomic mass is 33.1. The van der Waals surface area contributed by atoms with Crippen LogP contribution in [0.4, 0.5) is 0 Å². The molecule has 0 aromatic carbocycles. The maximum atomic E-state index is 12.3. The smallest absolute Gasteiger partial charge is 0.330 e. The average molecular weight is 643 g/mol. The summed E-state index contributed by atoms with van der Waals surface area (Å²) in [7, 11) is 3.12. The molecule has 11 nitrogen and oxygen atoms in total. The minimum absolute atomic E-state index is 0.0374. The van der Waals surface area contributed by atoms with Crippen LogP contribution in [-0.4, -0.2) is 93.2 Å². The van der Waals surface area contributed by atoms with Crippen molar-refractivity contribution in [1.82, 2.24) is 10.6 Å². The van der Waals surface area contributed by atoms with Crippen molar-refractivity contribution < 1.29 is 44.3 Å². The Hall–Kier alpha value is -1.87. The SMILES string of the molecule is C/C(=C\C(=O)OCCCCCCCC(=O)NC1C(=O)NC2=CSSC21)[C@H](O)[C@@H]1OC[C@@H](C/C=C/[C@@H](C)[C@@H](C)O)[C@@H](O)[C@@H]1O. The molecular formula is C30H46N2O9S2. The van der Waals surface area contributed by atoms with Crippen LogP contribution in [0.3, 0.4) is 0 Å². The molecule has 0 aromatic heterocycles. The van der Waals surface area contributed by atoms with Crippen molar-refractivity contribution in [3.8, 4) is 0 Å². The molecule has 3 heterocycles. The van der Waals surface area contributed by atoms with Gasteiger partial charge in [0.15, 0.2) is 0 Å². The molecule has 2 saturated heterocycles. The van der Waals surface area contributed by atoms with E-state index in [1.54, 1.807) is 28.5 Å². The Kier molecular flexibility index (Phi) is 14.6. The molecule has 3 aliphatic rings. The lowest BCUT2D eigenvalue weighted by atomic mass is 9.86. The number of hydrogen-bond donors (Lipinski definition) is 6. The molecular weight excluding hydrogens is 596 g/mol. The second-order valence-electron chi connectivity index (χ2n) is 11.5. The van der Waals surface area contributed by atoms with Crippen molar-refractivity contribution in [2.75, 3.05) is 13.2 Å². The number of aliphatic hydroxyl groups is 4. The Balaban J connectivity index is 1.26. The molecule has 242 valence electrons. The van der Waals surface area contributed by atoms with Gasteiger partial charge in [-0.25, -0.2) is 4.79 Å². The first-order valence-electron chi connectivity index (χ1n) is 15.0. The first-order chi connectivity index (χ1) is 20.5. The van der Waals surface area contributed by atoms with Gasteiger partial charge in [0.2, 0.25) is 11.8 Å². The van der Waals surface area contributed by atoms with Crippen LogP contribution in [0.2, 0.25) is 0 Å². The quantitative estimate of drug-likeness (QED) is 0.0478. The summed E-state index contributed by atoms with van der Waals surface area (Å²) in [6, 6.07) is -0.518. The Bertz CT molecular complexity index is 1050. The molecule has 0 spiro atoms. The highest BCUT2D eigenvalue weighted by Gasteiger charge is 2.43. The number of carbonyl (C=O) groups excluding carboxylic acids is 3. The highest BCUT2D eigenvalue weighted by molar-refractivity contribution is 8.78. The van der Waals surface area contributed by atoms with Gasteiger partial charge in [-0.2, -0.15) is 0 Å². The van der Waals surface area contributed by atoms with Gasteiger partial charge in [0.25, 0.3) is 0 Å². The van der Waals surface area contributed by atoms with E-state index in [2.05, 4.69) is 10.6 Å². The molecule has 13 heteroatoms. The summed E-state index contributed by atoms with van der Waals surface area (Å²) in [5.74, 6) is -1.30. The normalized spacial score (nSPS) is 29.5. The van der Waals surface area contributed by atoms with Gasteiger partial charge in [0.05, 0.1) is 30.7 Å². The van der Waals surface area contributed by atoms with Crippen LogP contribution in [0.5, 0.6) is 0 Å². The number of esters is 1. The lowest BCUT2D eigenvalue weighted by Gasteiger charge is -2.39. The maximum Gasteiger partial charge on any atom is 0.330 e. The number of unbranched alkanes of at least 4 members (excludes halogenated alkanes) is 4. The van der Waals surface area contributed by atoms with Crippen LogP contribution in [0, 0.1) is 11.8 Å². The predicted molar refractivity (Wildman–Crippen MR) is 165 cm³/mol. The highest BCUT2D eigenvalue weighted by Crippen LogP contribution is 2.43. The zero-order valence-electron chi connectivity index (χ0n) is 25.0. The fraction of sp³-hybridized carbons (Fsp3) is 0.700. The van der Waals surface area contributed by atoms with E-state index in [0.29, 0.717) is 25.7 Å². The van der Waals surface area contributed by atoms with E-state index in [0.717, 1.165) is 25.0 Å². The van der Waals surface area contributed by atoms with E-state index in [1.165, 1.54) is 13.0 Å². The molecule has 2 unspecified atom stereocenters. The Morgan fingerprint density at radius 3 is 2.63 bits per heavy atom. The van der Waals surface area contributed by atoms with Crippen LogP contribution in [0.15, 0.2) is 34.9 Å². The monoisotopic (exact) mass is 642 g/mol. The van der Waals surface area contributed by atoms with E-state index in [4.69, 9.17) is 9.47 Å². The van der Waals surface area contributed by atoms with Crippen LogP contribution in [-0.2, 0) is 23.9 Å². The van der Waals surface area contributed by atoms with Gasteiger partial charge >= 0.3 is 5.97 Å². The Morgan fingerprint density at radius 1 is 1.16 bits per heavy atom. The minimum Gasteiger partial charge on any atom is -0.463 e. The standard InChI is InChI=1S/C30H46N2O9S2/c1-17(19(3)33)10-9-11-20-15-41-28(27(38)26(20)37)25(36)18(2)14-23(35)40-13-8-6-4-5-7-12-22(34)32-24-29-21(16-42-43-29)31-30(24)39/h9-10,14,16-17,19-20,24-29,33,36-38H,4-8,11-13,15H2,1-3H3,(H,31,39)(H,32,34)/b10-9+,18-14+/t17-,19-,20-,24?,25+,26-,27+,28+,29?/m1/s1. The summed E-state index contributed by atoms with van der Waals surface area (Å²) in [6.45, 7) is 5.46. The second kappa shape index (κ2) is 17.6. The lowest BCUT2D eigenvalue weighted by molar-refractivity contribution is -0.187. The summed E-state index contributed by atoms with van der Waals surface area (Å²) >= 11 is 0. The summed E-state index contributed by atoms with van der Waals surface area (Å²) in [5.41, 5.74) is 1.12. The number of fused-ring (bicyclic) bond motifs is 1. The topological polar surface area (TPSA) is 175 Å². The molecule has 0 saturated carbocycles. The molecule has 2 amide bonds. The van der Waals surface area contributed by atoms with Gasteiger partial charge in [-0.05, 0) is 44.6 Å². The third-order valence-corrected chi connectivity index (χ3v) is 10.5. The van der Waals surface area contributed by atoms with Crippen molar-refractivity contribution in [3.63, 3.8) is 0 Å². The minimum atomic E-state index is -1.33. The number of carbonyl (C=O) groups is 3. The van der Waals surface area contributed by atoms with Crippen molar-refractivity contribution >= 4 is 39.4 Å². The molecule has 0 radical (unpaired) electrons.